The predicted octanol–water partition coefficient (Wildman–Crippen LogP) is -5.12. The van der Waals surface area contributed by atoms with E-state index in [4.69, 9.17) is 37.9 Å². The van der Waals surface area contributed by atoms with Gasteiger partial charge < -0.3 is 125 Å². The van der Waals surface area contributed by atoms with E-state index in [9.17, 15) is 86.8 Å². The summed E-state index contributed by atoms with van der Waals surface area (Å²) >= 11 is 0. The lowest BCUT2D eigenvalue weighted by atomic mass is 9.33. The van der Waals surface area contributed by atoms with Crippen LogP contribution in [0.3, 0.4) is 0 Å². The number of carbonyl (C=O) groups excluding carboxylic acids is 1. The summed E-state index contributed by atoms with van der Waals surface area (Å²) in [4.78, 5) is 15.1. The number of ether oxygens (including phenoxy) is 8. The topological polar surface area (TPSA) is 435 Å². The lowest BCUT2D eigenvalue weighted by Crippen LogP contribution is -2.72. The Bertz CT molecular complexity index is 2230. The highest BCUT2D eigenvalue weighted by atomic mass is 16.8. The van der Waals surface area contributed by atoms with Crippen LogP contribution >= 0.6 is 0 Å². The van der Waals surface area contributed by atoms with Crippen LogP contribution < -0.4 is 0 Å². The molecule has 460 valence electrons. The zero-order valence-corrected chi connectivity index (χ0v) is 46.2. The van der Waals surface area contributed by atoms with E-state index in [2.05, 4.69) is 26.8 Å². The second-order valence-corrected chi connectivity index (χ2v) is 26.3. The minimum atomic E-state index is -1.94. The Labute approximate surface area is 463 Å². The van der Waals surface area contributed by atoms with Crippen molar-refractivity contribution in [2.24, 2.45) is 50.2 Å². The van der Waals surface area contributed by atoms with Gasteiger partial charge in [0.05, 0.1) is 67.8 Å². The zero-order valence-electron chi connectivity index (χ0n) is 46.2. The number of hydrogen-bond acceptors (Lipinski definition) is 26. The van der Waals surface area contributed by atoms with Crippen molar-refractivity contribution in [3.8, 4) is 0 Å². The second-order valence-electron chi connectivity index (χ2n) is 26.3. The van der Waals surface area contributed by atoms with Gasteiger partial charge in [0.1, 0.15) is 85.5 Å². The zero-order chi connectivity index (χ0) is 58.9. The summed E-state index contributed by atoms with van der Waals surface area (Å²) in [7, 11) is 0. The first-order chi connectivity index (χ1) is 37.4. The van der Waals surface area contributed by atoms with E-state index in [-0.39, 0.29) is 25.2 Å². The smallest absolute Gasteiger partial charge is 0.317 e. The predicted molar refractivity (Wildman–Crippen MR) is 267 cm³/mol. The minimum absolute atomic E-state index is 0.0181. The van der Waals surface area contributed by atoms with Crippen molar-refractivity contribution in [3.63, 3.8) is 0 Å². The summed E-state index contributed by atoms with van der Waals surface area (Å²) in [5.41, 5.74) is -5.64. The van der Waals surface area contributed by atoms with Gasteiger partial charge in [-0.1, -0.05) is 46.3 Å². The molecular weight excluding hydrogens is 1060 g/mol. The summed E-state index contributed by atoms with van der Waals surface area (Å²) in [6.45, 7) is 9.91. The molecule has 0 aromatic carbocycles. The van der Waals surface area contributed by atoms with Crippen LogP contribution in [0.5, 0.6) is 0 Å². The van der Waals surface area contributed by atoms with Crippen LogP contribution in [0.15, 0.2) is 11.6 Å². The quantitative estimate of drug-likeness (QED) is 0.0642. The molecule has 80 heavy (non-hydrogen) atoms. The van der Waals surface area contributed by atoms with E-state index in [1.54, 1.807) is 20.8 Å². The average Bonchev–Trinajstić information content (AvgIpc) is 2.97. The van der Waals surface area contributed by atoms with E-state index in [0.717, 1.165) is 5.57 Å². The molecule has 5 aliphatic carbocycles. The number of fused-ring (bicyclic) bond motifs is 7. The fourth-order valence-corrected chi connectivity index (χ4v) is 16.5. The van der Waals surface area contributed by atoms with Gasteiger partial charge in [0.25, 0.3) is 0 Å². The number of hydrogen-bond donors (Lipinski definition) is 17. The van der Waals surface area contributed by atoms with Gasteiger partial charge in [-0.25, -0.2) is 0 Å². The summed E-state index contributed by atoms with van der Waals surface area (Å²) < 4.78 is 47.3. The maximum atomic E-state index is 15.1. The van der Waals surface area contributed by atoms with E-state index >= 15 is 4.79 Å². The lowest BCUT2D eigenvalue weighted by molar-refractivity contribution is -0.373. The first-order valence-electron chi connectivity index (χ1n) is 28.2. The highest BCUT2D eigenvalue weighted by molar-refractivity contribution is 5.78. The van der Waals surface area contributed by atoms with E-state index in [1.165, 1.54) is 6.92 Å². The van der Waals surface area contributed by atoms with E-state index in [0.29, 0.717) is 25.7 Å². The third-order valence-corrected chi connectivity index (χ3v) is 21.8. The van der Waals surface area contributed by atoms with Gasteiger partial charge in [-0.15, -0.1) is 0 Å². The van der Waals surface area contributed by atoms with Crippen LogP contribution in [-0.4, -0.2) is 266 Å². The van der Waals surface area contributed by atoms with Gasteiger partial charge in [-0.3, -0.25) is 4.79 Å². The van der Waals surface area contributed by atoms with Crippen molar-refractivity contribution in [1.82, 2.24) is 0 Å². The second kappa shape index (κ2) is 22.5. The molecule has 9 rings (SSSR count). The maximum absolute atomic E-state index is 15.1. The fourth-order valence-electron chi connectivity index (χ4n) is 16.5. The molecule has 4 aliphatic heterocycles. The molecule has 32 atom stereocenters. The minimum Gasteiger partial charge on any atom is -0.432 e. The Balaban J connectivity index is 1.01. The molecule has 4 heterocycles. The highest BCUT2D eigenvalue weighted by Crippen LogP contribution is 2.76. The maximum Gasteiger partial charge on any atom is 0.317 e. The van der Waals surface area contributed by atoms with Gasteiger partial charge in [0.2, 0.25) is 6.29 Å². The molecule has 4 saturated heterocycles. The van der Waals surface area contributed by atoms with Crippen LogP contribution in [0.2, 0.25) is 0 Å². The van der Waals surface area contributed by atoms with Crippen LogP contribution in [0, 0.1) is 50.2 Å². The Morgan fingerprint density at radius 1 is 0.562 bits per heavy atom. The van der Waals surface area contributed by atoms with Crippen molar-refractivity contribution >= 4 is 5.97 Å². The third kappa shape index (κ3) is 9.58. The molecule has 0 aromatic rings. The summed E-state index contributed by atoms with van der Waals surface area (Å²) in [5.74, 6) is -2.46. The fraction of sp³-hybridized carbons (Fsp3) is 0.944. The van der Waals surface area contributed by atoms with Crippen LogP contribution in [-0.2, 0) is 42.7 Å². The molecule has 4 saturated carbocycles. The molecule has 26 heteroatoms. The molecule has 17 N–H and O–H groups in total. The number of allylic oxidation sites excluding steroid dienone is 2. The molecule has 0 aromatic heterocycles. The van der Waals surface area contributed by atoms with E-state index < -0.39 is 224 Å². The standard InChI is InChI=1S/C54H88O26/c1-20-30(60)34(64)38(68)44(74-20)79-41-37(67)33(63)25(18-57)77-47(41)80-48(72)53(7)27-10-13-51(5)26(50(27,4)12-11-28(53)58)9-8-21-22-14-49(2,3)42(70)43(71)54(22,29(59)15-52(21,51)6)19-73-46-40(36(66)32(62)24(17-56)76-46)78-45-39(69)35(65)31(61)23(16-55)75-45/h8,20,22-47,55-71H,9-19H2,1-7H3. The van der Waals surface area contributed by atoms with Gasteiger partial charge in [0, 0.05) is 0 Å². The number of aliphatic hydroxyl groups excluding tert-OH is 17. The van der Waals surface area contributed by atoms with Crippen molar-refractivity contribution in [1.29, 1.82) is 0 Å². The normalized spacial score (nSPS) is 55.9. The van der Waals surface area contributed by atoms with Crippen molar-refractivity contribution in [2.45, 2.75) is 241 Å². The first-order valence-corrected chi connectivity index (χ1v) is 28.2. The Morgan fingerprint density at radius 2 is 1.07 bits per heavy atom. The van der Waals surface area contributed by atoms with Gasteiger partial charge in [-0.2, -0.15) is 0 Å². The van der Waals surface area contributed by atoms with Crippen molar-refractivity contribution in [3.05, 3.63) is 11.6 Å². The molecular formula is C54H88O26. The van der Waals surface area contributed by atoms with Crippen LogP contribution in [0.1, 0.15) is 93.4 Å². The average molecular weight is 1150 g/mol. The highest BCUT2D eigenvalue weighted by Gasteiger charge is 2.74. The molecule has 0 amide bonds. The first kappa shape index (κ1) is 62.8. The molecule has 0 spiro atoms. The molecule has 9 aliphatic rings. The largest absolute Gasteiger partial charge is 0.432 e. The summed E-state index contributed by atoms with van der Waals surface area (Å²) in [5, 5.41) is 188. The Kier molecular flexibility index (Phi) is 17.7. The van der Waals surface area contributed by atoms with Gasteiger partial charge in [-0.05, 0) is 98.2 Å². The number of esters is 1. The number of aliphatic hydroxyl groups is 17. The van der Waals surface area contributed by atoms with Gasteiger partial charge >= 0.3 is 5.97 Å². The monoisotopic (exact) mass is 1150 g/mol. The van der Waals surface area contributed by atoms with Crippen molar-refractivity contribution < 1.29 is 130 Å². The molecule has 32 unspecified atom stereocenters. The molecule has 0 radical (unpaired) electrons. The molecule has 0 bridgehead atoms. The number of carbonyl (C=O) groups is 1. The SMILES string of the molecule is CC1OC(OC2C(OC(=O)C3(C)C(O)CCC4(C)C3CCC3(C)C4CC=C4C5CC(C)(C)C(O)C(O)C5(COC5OC(CO)C(O)C(O)C5OC5OC(CO)C(O)C(O)C5O)C(O)CC43C)OC(CO)C(O)C2O)C(O)C(O)C1O. The van der Waals surface area contributed by atoms with Crippen LogP contribution in [0.25, 0.3) is 0 Å². The van der Waals surface area contributed by atoms with Crippen molar-refractivity contribution in [2.75, 3.05) is 26.4 Å². The summed E-state index contributed by atoms with van der Waals surface area (Å²) in [6.07, 6.45) is -35.8. The van der Waals surface area contributed by atoms with E-state index in [1.807, 2.05) is 0 Å². The molecule has 8 fully saturated rings. The van der Waals surface area contributed by atoms with Gasteiger partial charge in [0.15, 0.2) is 25.0 Å². The molecule has 26 nitrogen and oxygen atoms in total. The Morgan fingerprint density at radius 3 is 1.65 bits per heavy atom. The van der Waals surface area contributed by atoms with Crippen LogP contribution in [0.4, 0.5) is 0 Å². The lowest BCUT2D eigenvalue weighted by Gasteiger charge is -2.72. The number of rotatable bonds is 12. The summed E-state index contributed by atoms with van der Waals surface area (Å²) in [6, 6.07) is 0. The third-order valence-electron chi connectivity index (χ3n) is 21.8. The Hall–Kier alpha value is -1.75.